The molecule has 0 bridgehead atoms. The average Bonchev–Trinajstić information content (AvgIpc) is 2.73. The van der Waals surface area contributed by atoms with E-state index >= 15 is 0 Å². The van der Waals surface area contributed by atoms with E-state index in [1.807, 2.05) is 48.5 Å². The summed E-state index contributed by atoms with van der Waals surface area (Å²) in [6.07, 6.45) is 0.0880. The van der Waals surface area contributed by atoms with Gasteiger partial charge in [0, 0.05) is 11.6 Å². The highest BCUT2D eigenvalue weighted by Gasteiger charge is 2.20. The maximum Gasteiger partial charge on any atom is 0.253 e. The van der Waals surface area contributed by atoms with Gasteiger partial charge in [0.15, 0.2) is 0 Å². The summed E-state index contributed by atoms with van der Waals surface area (Å²) in [7, 11) is 0. The molecule has 3 aromatic carbocycles. The standard InChI is InChI=1S/C23H20Cl2N2O2/c24-19-12-6-4-10-17(19)15-26-22(28)14-21(16-8-2-1-3-9-16)27-23(29)18-11-5-7-13-20(18)25/h1-13,21H,14-15H2,(H,26,28)(H,27,29). The summed E-state index contributed by atoms with van der Waals surface area (Å²) in [4.78, 5) is 25.3. The van der Waals surface area contributed by atoms with Crippen molar-refractivity contribution in [3.05, 3.63) is 106 Å². The number of halogens is 2. The molecule has 29 heavy (non-hydrogen) atoms. The minimum Gasteiger partial charge on any atom is -0.352 e. The van der Waals surface area contributed by atoms with Crippen molar-refractivity contribution < 1.29 is 9.59 Å². The molecule has 4 nitrogen and oxygen atoms in total. The number of hydrogen-bond donors (Lipinski definition) is 2. The molecule has 1 unspecified atom stereocenters. The Kier molecular flexibility index (Phi) is 7.28. The topological polar surface area (TPSA) is 58.2 Å². The number of nitrogens with one attached hydrogen (secondary N) is 2. The van der Waals surface area contributed by atoms with Gasteiger partial charge in [0.05, 0.1) is 23.0 Å². The Bertz CT molecular complexity index is 993. The summed E-state index contributed by atoms with van der Waals surface area (Å²) in [6, 6.07) is 23.0. The summed E-state index contributed by atoms with van der Waals surface area (Å²) in [5.74, 6) is -0.526. The summed E-state index contributed by atoms with van der Waals surface area (Å²) in [5.41, 5.74) is 2.03. The Morgan fingerprint density at radius 2 is 1.41 bits per heavy atom. The molecule has 6 heteroatoms. The van der Waals surface area contributed by atoms with Crippen LogP contribution in [0.5, 0.6) is 0 Å². The molecule has 0 heterocycles. The van der Waals surface area contributed by atoms with Crippen LogP contribution in [0.25, 0.3) is 0 Å². The van der Waals surface area contributed by atoms with Crippen molar-refractivity contribution in [2.24, 2.45) is 0 Å². The third-order valence-corrected chi connectivity index (χ3v) is 5.15. The third kappa shape index (κ3) is 5.83. The van der Waals surface area contributed by atoms with Crippen LogP contribution in [0.1, 0.15) is 33.9 Å². The minimum absolute atomic E-state index is 0.0880. The van der Waals surface area contributed by atoms with Gasteiger partial charge in [0.1, 0.15) is 0 Å². The highest BCUT2D eigenvalue weighted by Crippen LogP contribution is 2.21. The van der Waals surface area contributed by atoms with Crippen molar-refractivity contribution >= 4 is 35.0 Å². The highest BCUT2D eigenvalue weighted by atomic mass is 35.5. The normalized spacial score (nSPS) is 11.5. The smallest absolute Gasteiger partial charge is 0.253 e. The summed E-state index contributed by atoms with van der Waals surface area (Å²) in [5, 5.41) is 6.74. The SMILES string of the molecule is O=C(CC(NC(=O)c1ccccc1Cl)c1ccccc1)NCc1ccccc1Cl. The van der Waals surface area contributed by atoms with Crippen molar-refractivity contribution in [3.63, 3.8) is 0 Å². The molecule has 0 aliphatic heterocycles. The van der Waals surface area contributed by atoms with E-state index in [2.05, 4.69) is 10.6 Å². The van der Waals surface area contributed by atoms with Crippen LogP contribution in [0, 0.1) is 0 Å². The lowest BCUT2D eigenvalue weighted by atomic mass is 10.0. The Labute approximate surface area is 179 Å². The van der Waals surface area contributed by atoms with Gasteiger partial charge < -0.3 is 10.6 Å². The van der Waals surface area contributed by atoms with Crippen LogP contribution in [0.15, 0.2) is 78.9 Å². The molecule has 0 aromatic heterocycles. The first-order valence-electron chi connectivity index (χ1n) is 9.15. The fourth-order valence-electron chi connectivity index (χ4n) is 2.91. The zero-order valence-electron chi connectivity index (χ0n) is 15.6. The van der Waals surface area contributed by atoms with Crippen molar-refractivity contribution in [2.45, 2.75) is 19.0 Å². The van der Waals surface area contributed by atoms with Gasteiger partial charge in [-0.05, 0) is 29.3 Å². The Morgan fingerprint density at radius 3 is 2.10 bits per heavy atom. The lowest BCUT2D eigenvalue weighted by molar-refractivity contribution is -0.121. The molecule has 0 spiro atoms. The molecule has 2 N–H and O–H groups in total. The fraction of sp³-hybridized carbons (Fsp3) is 0.130. The number of hydrogen-bond acceptors (Lipinski definition) is 2. The number of carbonyl (C=O) groups is 2. The van der Waals surface area contributed by atoms with Gasteiger partial charge in [-0.15, -0.1) is 0 Å². The van der Waals surface area contributed by atoms with Gasteiger partial charge in [0.25, 0.3) is 5.91 Å². The van der Waals surface area contributed by atoms with E-state index < -0.39 is 6.04 Å². The van der Waals surface area contributed by atoms with E-state index in [0.29, 0.717) is 22.2 Å². The monoisotopic (exact) mass is 426 g/mol. The number of benzene rings is 3. The van der Waals surface area contributed by atoms with Crippen molar-refractivity contribution in [2.75, 3.05) is 0 Å². The van der Waals surface area contributed by atoms with Crippen LogP contribution in [-0.4, -0.2) is 11.8 Å². The van der Waals surface area contributed by atoms with Crippen LogP contribution in [0.3, 0.4) is 0 Å². The molecule has 1 atom stereocenters. The van der Waals surface area contributed by atoms with Crippen molar-refractivity contribution in [1.82, 2.24) is 10.6 Å². The molecule has 0 saturated carbocycles. The van der Waals surface area contributed by atoms with Gasteiger partial charge >= 0.3 is 0 Å². The predicted octanol–water partition coefficient (Wildman–Crippen LogP) is 5.17. The Hall–Kier alpha value is -2.82. The first-order valence-corrected chi connectivity index (χ1v) is 9.90. The van der Waals surface area contributed by atoms with Crippen LogP contribution in [0.4, 0.5) is 0 Å². The fourth-order valence-corrected chi connectivity index (χ4v) is 3.34. The van der Waals surface area contributed by atoms with E-state index in [1.54, 1.807) is 30.3 Å². The van der Waals surface area contributed by atoms with Gasteiger partial charge in [-0.1, -0.05) is 83.9 Å². The molecule has 148 valence electrons. The van der Waals surface area contributed by atoms with E-state index in [4.69, 9.17) is 23.2 Å². The van der Waals surface area contributed by atoms with E-state index in [-0.39, 0.29) is 18.2 Å². The third-order valence-electron chi connectivity index (χ3n) is 4.45. The molecule has 2 amide bonds. The van der Waals surface area contributed by atoms with Gasteiger partial charge in [-0.25, -0.2) is 0 Å². The van der Waals surface area contributed by atoms with E-state index in [9.17, 15) is 9.59 Å². The Balaban J connectivity index is 1.71. The molecule has 0 saturated heterocycles. The molecular formula is C23H20Cl2N2O2. The maximum atomic E-state index is 12.7. The summed E-state index contributed by atoms with van der Waals surface area (Å²) >= 11 is 12.3. The molecule has 0 radical (unpaired) electrons. The lowest BCUT2D eigenvalue weighted by Gasteiger charge is -2.19. The zero-order chi connectivity index (χ0) is 20.6. The van der Waals surface area contributed by atoms with Crippen molar-refractivity contribution in [1.29, 1.82) is 0 Å². The van der Waals surface area contributed by atoms with Crippen LogP contribution < -0.4 is 10.6 Å². The zero-order valence-corrected chi connectivity index (χ0v) is 17.1. The first kappa shape index (κ1) is 20.9. The molecule has 0 aliphatic rings. The second-order valence-corrected chi connectivity index (χ2v) is 7.30. The van der Waals surface area contributed by atoms with Crippen LogP contribution in [0.2, 0.25) is 10.0 Å². The Morgan fingerprint density at radius 1 is 0.793 bits per heavy atom. The van der Waals surface area contributed by atoms with E-state index in [0.717, 1.165) is 11.1 Å². The van der Waals surface area contributed by atoms with Crippen molar-refractivity contribution in [3.8, 4) is 0 Å². The molecule has 3 rings (SSSR count). The highest BCUT2D eigenvalue weighted by molar-refractivity contribution is 6.33. The van der Waals surface area contributed by atoms with Gasteiger partial charge in [0.2, 0.25) is 5.91 Å². The maximum absolute atomic E-state index is 12.7. The van der Waals surface area contributed by atoms with Gasteiger partial charge in [-0.3, -0.25) is 9.59 Å². The predicted molar refractivity (Wildman–Crippen MR) is 116 cm³/mol. The van der Waals surface area contributed by atoms with Gasteiger partial charge in [-0.2, -0.15) is 0 Å². The summed E-state index contributed by atoms with van der Waals surface area (Å²) in [6.45, 7) is 0.318. The number of carbonyl (C=O) groups excluding carboxylic acids is 2. The quantitative estimate of drug-likeness (QED) is 0.547. The van der Waals surface area contributed by atoms with E-state index in [1.165, 1.54) is 0 Å². The first-order chi connectivity index (χ1) is 14.0. The van der Waals surface area contributed by atoms with Crippen LogP contribution in [-0.2, 0) is 11.3 Å². The second kappa shape index (κ2) is 10.1. The number of rotatable bonds is 7. The minimum atomic E-state index is -0.494. The molecule has 0 aliphatic carbocycles. The number of amides is 2. The lowest BCUT2D eigenvalue weighted by Crippen LogP contribution is -2.33. The molecular weight excluding hydrogens is 407 g/mol. The van der Waals surface area contributed by atoms with Crippen LogP contribution >= 0.6 is 23.2 Å². The summed E-state index contributed by atoms with van der Waals surface area (Å²) < 4.78 is 0. The molecule has 0 fully saturated rings. The molecule has 3 aromatic rings. The average molecular weight is 427 g/mol. The second-order valence-electron chi connectivity index (χ2n) is 6.49. The largest absolute Gasteiger partial charge is 0.352 e.